The molecule has 0 amide bonds. The summed E-state index contributed by atoms with van der Waals surface area (Å²) in [6.07, 6.45) is 3.08. The van der Waals surface area contributed by atoms with Crippen LogP contribution in [0.2, 0.25) is 0 Å². The molecule has 0 saturated carbocycles. The Labute approximate surface area is 115 Å². The minimum atomic E-state index is -3.41. The van der Waals surface area contributed by atoms with Crippen LogP contribution in [0.4, 0.5) is 0 Å². The van der Waals surface area contributed by atoms with Gasteiger partial charge in [0.2, 0.25) is 10.0 Å². The first kappa shape index (κ1) is 14.5. The van der Waals surface area contributed by atoms with Crippen LogP contribution < -0.4 is 10.0 Å². The Morgan fingerprint density at radius 1 is 1.16 bits per heavy atom. The van der Waals surface area contributed by atoms with Gasteiger partial charge in [-0.3, -0.25) is 0 Å². The van der Waals surface area contributed by atoms with Crippen LogP contribution in [0.25, 0.3) is 0 Å². The van der Waals surface area contributed by atoms with Gasteiger partial charge in [-0.2, -0.15) is 0 Å². The number of rotatable bonds is 3. The molecule has 0 bridgehead atoms. The summed E-state index contributed by atoms with van der Waals surface area (Å²) in [5.41, 5.74) is 1.94. The van der Waals surface area contributed by atoms with Gasteiger partial charge in [0.15, 0.2) is 0 Å². The van der Waals surface area contributed by atoms with Crippen LogP contribution in [-0.4, -0.2) is 27.5 Å². The Hall–Kier alpha value is -0.910. The van der Waals surface area contributed by atoms with E-state index in [9.17, 15) is 8.42 Å². The summed E-state index contributed by atoms with van der Waals surface area (Å²) >= 11 is 0. The minimum absolute atomic E-state index is 0.00619. The molecule has 0 spiro atoms. The maximum absolute atomic E-state index is 12.4. The summed E-state index contributed by atoms with van der Waals surface area (Å²) in [5, 5.41) is 3.27. The van der Waals surface area contributed by atoms with Gasteiger partial charge in [0, 0.05) is 12.6 Å². The first-order chi connectivity index (χ1) is 8.97. The number of sulfonamides is 1. The highest BCUT2D eigenvalue weighted by Gasteiger charge is 2.21. The molecule has 2 rings (SSSR count). The molecule has 1 unspecified atom stereocenters. The molecule has 19 heavy (non-hydrogen) atoms. The van der Waals surface area contributed by atoms with Crippen molar-refractivity contribution in [2.24, 2.45) is 0 Å². The van der Waals surface area contributed by atoms with E-state index in [0.717, 1.165) is 36.9 Å². The number of nitrogens with one attached hydrogen (secondary N) is 2. The summed E-state index contributed by atoms with van der Waals surface area (Å²) in [7, 11) is -3.41. The minimum Gasteiger partial charge on any atom is -0.315 e. The molecule has 4 nitrogen and oxygen atoms in total. The summed E-state index contributed by atoms with van der Waals surface area (Å²) in [6.45, 7) is 5.52. The van der Waals surface area contributed by atoms with Crippen LogP contribution in [0, 0.1) is 13.8 Å². The molecule has 1 aromatic carbocycles. The van der Waals surface area contributed by atoms with Crippen molar-refractivity contribution >= 4 is 10.0 Å². The molecular weight excluding hydrogens is 260 g/mol. The third-order valence-corrected chi connectivity index (χ3v) is 4.87. The van der Waals surface area contributed by atoms with Gasteiger partial charge in [-0.05, 0) is 56.5 Å². The molecule has 1 saturated heterocycles. The zero-order chi connectivity index (χ0) is 13.9. The van der Waals surface area contributed by atoms with Crippen LogP contribution in [0.5, 0.6) is 0 Å². The quantitative estimate of drug-likeness (QED) is 0.887. The largest absolute Gasteiger partial charge is 0.315 e. The lowest BCUT2D eigenvalue weighted by atomic mass is 10.2. The van der Waals surface area contributed by atoms with E-state index in [1.807, 2.05) is 19.9 Å². The lowest BCUT2D eigenvalue weighted by Crippen LogP contribution is -2.40. The third-order valence-electron chi connectivity index (χ3n) is 3.37. The van der Waals surface area contributed by atoms with Crippen LogP contribution in [0.1, 0.15) is 30.4 Å². The molecule has 0 aliphatic carbocycles. The lowest BCUT2D eigenvalue weighted by molar-refractivity contribution is 0.521. The predicted octanol–water partition coefficient (Wildman–Crippen LogP) is 1.72. The van der Waals surface area contributed by atoms with Crippen molar-refractivity contribution in [3.8, 4) is 0 Å². The van der Waals surface area contributed by atoms with Crippen LogP contribution in [0.3, 0.4) is 0 Å². The molecule has 2 N–H and O–H groups in total. The maximum atomic E-state index is 12.4. The number of hydrogen-bond donors (Lipinski definition) is 2. The first-order valence-electron chi connectivity index (χ1n) is 6.79. The fourth-order valence-electron chi connectivity index (χ4n) is 2.50. The van der Waals surface area contributed by atoms with Crippen molar-refractivity contribution in [2.75, 3.05) is 13.1 Å². The summed E-state index contributed by atoms with van der Waals surface area (Å²) in [4.78, 5) is 0.370. The molecular formula is C14H22N2O2S. The Morgan fingerprint density at radius 2 is 1.84 bits per heavy atom. The van der Waals surface area contributed by atoms with E-state index >= 15 is 0 Å². The summed E-state index contributed by atoms with van der Waals surface area (Å²) in [5.74, 6) is 0. The van der Waals surface area contributed by atoms with Crippen molar-refractivity contribution in [1.82, 2.24) is 10.0 Å². The van der Waals surface area contributed by atoms with Crippen molar-refractivity contribution in [1.29, 1.82) is 0 Å². The van der Waals surface area contributed by atoms with E-state index in [1.165, 1.54) is 0 Å². The number of aryl methyl sites for hydroxylation is 2. The summed E-state index contributed by atoms with van der Waals surface area (Å²) < 4.78 is 27.6. The van der Waals surface area contributed by atoms with Gasteiger partial charge in [0.1, 0.15) is 0 Å². The van der Waals surface area contributed by atoms with Gasteiger partial charge in [0.25, 0.3) is 0 Å². The predicted molar refractivity (Wildman–Crippen MR) is 76.7 cm³/mol. The molecule has 1 heterocycles. The monoisotopic (exact) mass is 282 g/mol. The van der Waals surface area contributed by atoms with Gasteiger partial charge in [0.05, 0.1) is 4.90 Å². The topological polar surface area (TPSA) is 58.2 Å². The van der Waals surface area contributed by atoms with Crippen molar-refractivity contribution in [2.45, 2.75) is 44.0 Å². The zero-order valence-electron chi connectivity index (χ0n) is 11.6. The second-order valence-electron chi connectivity index (χ2n) is 5.34. The molecule has 106 valence electrons. The number of benzene rings is 1. The van der Waals surface area contributed by atoms with E-state index < -0.39 is 10.0 Å². The zero-order valence-corrected chi connectivity index (χ0v) is 12.4. The standard InChI is InChI=1S/C14H22N2O2S/c1-11-7-12(2)9-14(8-11)19(17,18)16-13-5-3-4-6-15-10-13/h7-9,13,15-16H,3-6,10H2,1-2H3. The van der Waals surface area contributed by atoms with E-state index in [4.69, 9.17) is 0 Å². The molecule has 1 fully saturated rings. The highest BCUT2D eigenvalue weighted by Crippen LogP contribution is 2.16. The van der Waals surface area contributed by atoms with E-state index in [1.54, 1.807) is 12.1 Å². The average molecular weight is 282 g/mol. The van der Waals surface area contributed by atoms with Gasteiger partial charge < -0.3 is 5.32 Å². The fraction of sp³-hybridized carbons (Fsp3) is 0.571. The fourth-order valence-corrected chi connectivity index (χ4v) is 3.95. The SMILES string of the molecule is Cc1cc(C)cc(S(=O)(=O)NC2CCCCNC2)c1. The molecule has 0 radical (unpaired) electrons. The third kappa shape index (κ3) is 4.03. The van der Waals surface area contributed by atoms with E-state index in [0.29, 0.717) is 11.4 Å². The molecule has 1 atom stereocenters. The Balaban J connectivity index is 2.17. The normalized spacial score (nSPS) is 21.1. The van der Waals surface area contributed by atoms with Crippen LogP contribution in [0.15, 0.2) is 23.1 Å². The Kier molecular flexibility index (Phi) is 4.60. The molecule has 1 aromatic rings. The highest BCUT2D eigenvalue weighted by molar-refractivity contribution is 7.89. The van der Waals surface area contributed by atoms with Crippen LogP contribution in [-0.2, 0) is 10.0 Å². The van der Waals surface area contributed by atoms with Gasteiger partial charge in [-0.25, -0.2) is 13.1 Å². The van der Waals surface area contributed by atoms with E-state index in [2.05, 4.69) is 10.0 Å². The number of hydrogen-bond acceptors (Lipinski definition) is 3. The molecule has 1 aliphatic rings. The van der Waals surface area contributed by atoms with Crippen molar-refractivity contribution < 1.29 is 8.42 Å². The Bertz CT molecular complexity index is 512. The van der Waals surface area contributed by atoms with Gasteiger partial charge in [-0.15, -0.1) is 0 Å². The molecule has 1 aliphatic heterocycles. The van der Waals surface area contributed by atoms with Gasteiger partial charge >= 0.3 is 0 Å². The second-order valence-corrected chi connectivity index (χ2v) is 7.06. The van der Waals surface area contributed by atoms with E-state index in [-0.39, 0.29) is 6.04 Å². The Morgan fingerprint density at radius 3 is 2.53 bits per heavy atom. The highest BCUT2D eigenvalue weighted by atomic mass is 32.2. The smallest absolute Gasteiger partial charge is 0.240 e. The molecule has 0 aromatic heterocycles. The maximum Gasteiger partial charge on any atom is 0.240 e. The lowest BCUT2D eigenvalue weighted by Gasteiger charge is -2.17. The summed E-state index contributed by atoms with van der Waals surface area (Å²) in [6, 6.07) is 5.42. The van der Waals surface area contributed by atoms with Gasteiger partial charge in [-0.1, -0.05) is 12.5 Å². The molecule has 5 heteroatoms. The average Bonchev–Trinajstić information content (AvgIpc) is 2.55. The first-order valence-corrected chi connectivity index (χ1v) is 8.27. The van der Waals surface area contributed by atoms with Crippen molar-refractivity contribution in [3.05, 3.63) is 29.3 Å². The second kappa shape index (κ2) is 6.03. The van der Waals surface area contributed by atoms with Crippen molar-refractivity contribution in [3.63, 3.8) is 0 Å². The van der Waals surface area contributed by atoms with Crippen LogP contribution >= 0.6 is 0 Å².